The molecule has 0 atom stereocenters. The summed E-state index contributed by atoms with van der Waals surface area (Å²) < 4.78 is 10.3. The number of carbonyl (C=O) groups excluding carboxylic acids is 1. The Balaban J connectivity index is 1.91. The van der Waals surface area contributed by atoms with Gasteiger partial charge in [-0.3, -0.25) is 0 Å². The van der Waals surface area contributed by atoms with E-state index in [0.29, 0.717) is 12.6 Å². The standard InChI is InChI=1S/C14H22N2O3/c1-3-5-11-6-8-16(9-7-11)14-15-12(10-19-14)13(17)18-4-2/h10-11H,3-9H2,1-2H3. The van der Waals surface area contributed by atoms with Crippen LogP contribution in [0.1, 0.15) is 50.0 Å². The second kappa shape index (κ2) is 6.59. The topological polar surface area (TPSA) is 55.6 Å². The Morgan fingerprint density at radius 2 is 2.21 bits per heavy atom. The molecule has 5 nitrogen and oxygen atoms in total. The molecule has 2 heterocycles. The predicted octanol–water partition coefficient (Wildman–Crippen LogP) is 2.87. The van der Waals surface area contributed by atoms with E-state index in [4.69, 9.17) is 9.15 Å². The van der Waals surface area contributed by atoms with Crippen molar-refractivity contribution in [2.24, 2.45) is 5.92 Å². The van der Waals surface area contributed by atoms with E-state index in [1.807, 2.05) is 0 Å². The third-order valence-corrected chi connectivity index (χ3v) is 3.56. The van der Waals surface area contributed by atoms with Gasteiger partial charge in [0.1, 0.15) is 6.26 Å². The molecule has 0 aliphatic carbocycles. The molecule has 0 spiro atoms. The summed E-state index contributed by atoms with van der Waals surface area (Å²) in [6.07, 6.45) is 6.27. The normalized spacial score (nSPS) is 16.6. The summed E-state index contributed by atoms with van der Waals surface area (Å²) in [5.41, 5.74) is 0.257. The van der Waals surface area contributed by atoms with E-state index in [0.717, 1.165) is 19.0 Å². The molecule has 19 heavy (non-hydrogen) atoms. The van der Waals surface area contributed by atoms with E-state index < -0.39 is 5.97 Å². The van der Waals surface area contributed by atoms with Crippen molar-refractivity contribution in [2.75, 3.05) is 24.6 Å². The van der Waals surface area contributed by atoms with Gasteiger partial charge in [0, 0.05) is 13.1 Å². The molecule has 1 aromatic rings. The number of anilines is 1. The number of oxazole rings is 1. The highest BCUT2D eigenvalue weighted by molar-refractivity contribution is 5.87. The van der Waals surface area contributed by atoms with Gasteiger partial charge in [-0.1, -0.05) is 19.8 Å². The molecule has 0 N–H and O–H groups in total. The number of hydrogen-bond acceptors (Lipinski definition) is 5. The molecule has 2 rings (SSSR count). The van der Waals surface area contributed by atoms with Gasteiger partial charge in [0.05, 0.1) is 6.61 Å². The van der Waals surface area contributed by atoms with Crippen LogP contribution < -0.4 is 4.90 Å². The van der Waals surface area contributed by atoms with Gasteiger partial charge in [-0.05, 0) is 25.7 Å². The molecule has 1 aromatic heterocycles. The average Bonchev–Trinajstić information content (AvgIpc) is 2.90. The lowest BCUT2D eigenvalue weighted by atomic mass is 9.93. The fourth-order valence-electron chi connectivity index (χ4n) is 2.53. The Bertz CT molecular complexity index is 409. The lowest BCUT2D eigenvalue weighted by molar-refractivity contribution is 0.0519. The first-order valence-corrected chi connectivity index (χ1v) is 7.12. The Morgan fingerprint density at radius 1 is 1.47 bits per heavy atom. The minimum Gasteiger partial charge on any atom is -0.461 e. The van der Waals surface area contributed by atoms with Crippen LogP contribution in [0, 0.1) is 5.92 Å². The van der Waals surface area contributed by atoms with Crippen LogP contribution in [-0.4, -0.2) is 30.6 Å². The zero-order chi connectivity index (χ0) is 13.7. The van der Waals surface area contributed by atoms with Crippen LogP contribution in [-0.2, 0) is 4.74 Å². The Hall–Kier alpha value is -1.52. The maximum atomic E-state index is 11.5. The van der Waals surface area contributed by atoms with Crippen molar-refractivity contribution in [3.63, 3.8) is 0 Å². The number of ether oxygens (including phenoxy) is 1. The molecule has 0 amide bonds. The minimum absolute atomic E-state index is 0.257. The van der Waals surface area contributed by atoms with Crippen LogP contribution in [0.25, 0.3) is 0 Å². The van der Waals surface area contributed by atoms with Crippen LogP contribution in [0.4, 0.5) is 6.01 Å². The van der Waals surface area contributed by atoms with E-state index in [1.54, 1.807) is 6.92 Å². The summed E-state index contributed by atoms with van der Waals surface area (Å²) in [6, 6.07) is 0.540. The number of carbonyl (C=O) groups is 1. The van der Waals surface area contributed by atoms with Gasteiger partial charge in [-0.2, -0.15) is 4.98 Å². The monoisotopic (exact) mass is 266 g/mol. The zero-order valence-electron chi connectivity index (χ0n) is 11.7. The van der Waals surface area contributed by atoms with Gasteiger partial charge in [-0.25, -0.2) is 4.79 Å². The summed E-state index contributed by atoms with van der Waals surface area (Å²) in [7, 11) is 0. The van der Waals surface area contributed by atoms with Crippen molar-refractivity contribution in [2.45, 2.75) is 39.5 Å². The second-order valence-corrected chi connectivity index (χ2v) is 4.95. The lowest BCUT2D eigenvalue weighted by Gasteiger charge is -2.30. The molecule has 0 unspecified atom stereocenters. The van der Waals surface area contributed by atoms with Gasteiger partial charge in [0.2, 0.25) is 0 Å². The van der Waals surface area contributed by atoms with Crippen molar-refractivity contribution in [3.8, 4) is 0 Å². The number of piperidine rings is 1. The molecule has 1 fully saturated rings. The average molecular weight is 266 g/mol. The highest BCUT2D eigenvalue weighted by Crippen LogP contribution is 2.25. The molecule has 106 valence electrons. The molecule has 5 heteroatoms. The Morgan fingerprint density at radius 3 is 2.84 bits per heavy atom. The minimum atomic E-state index is -0.418. The van der Waals surface area contributed by atoms with Crippen LogP contribution in [0.2, 0.25) is 0 Å². The molecule has 1 aliphatic rings. The van der Waals surface area contributed by atoms with Gasteiger partial charge < -0.3 is 14.1 Å². The summed E-state index contributed by atoms with van der Waals surface area (Å²) in [5, 5.41) is 0. The smallest absolute Gasteiger partial charge is 0.360 e. The summed E-state index contributed by atoms with van der Waals surface area (Å²) in [5.74, 6) is 0.402. The molecule has 0 radical (unpaired) electrons. The van der Waals surface area contributed by atoms with Crippen molar-refractivity contribution in [1.82, 2.24) is 4.98 Å². The predicted molar refractivity (Wildman–Crippen MR) is 72.3 cm³/mol. The summed E-state index contributed by atoms with van der Waals surface area (Å²) in [4.78, 5) is 17.8. The fourth-order valence-corrected chi connectivity index (χ4v) is 2.53. The Kier molecular flexibility index (Phi) is 4.82. The highest BCUT2D eigenvalue weighted by atomic mass is 16.5. The van der Waals surface area contributed by atoms with Crippen molar-refractivity contribution < 1.29 is 13.9 Å². The fraction of sp³-hybridized carbons (Fsp3) is 0.714. The van der Waals surface area contributed by atoms with Gasteiger partial charge in [0.25, 0.3) is 6.01 Å². The van der Waals surface area contributed by atoms with E-state index in [-0.39, 0.29) is 5.69 Å². The number of nitrogens with zero attached hydrogens (tertiary/aromatic N) is 2. The van der Waals surface area contributed by atoms with Gasteiger partial charge >= 0.3 is 5.97 Å². The summed E-state index contributed by atoms with van der Waals surface area (Å²) >= 11 is 0. The first-order valence-electron chi connectivity index (χ1n) is 7.12. The molecule has 0 bridgehead atoms. The molecule has 0 aromatic carbocycles. The van der Waals surface area contributed by atoms with Crippen LogP contribution in [0.15, 0.2) is 10.7 Å². The third kappa shape index (κ3) is 3.49. The van der Waals surface area contributed by atoms with E-state index in [9.17, 15) is 4.79 Å². The van der Waals surface area contributed by atoms with Gasteiger partial charge in [-0.15, -0.1) is 0 Å². The molecule has 1 saturated heterocycles. The molecule has 1 aliphatic heterocycles. The third-order valence-electron chi connectivity index (χ3n) is 3.56. The van der Waals surface area contributed by atoms with Crippen molar-refractivity contribution in [1.29, 1.82) is 0 Å². The van der Waals surface area contributed by atoms with Crippen molar-refractivity contribution in [3.05, 3.63) is 12.0 Å². The zero-order valence-corrected chi connectivity index (χ0v) is 11.7. The molecule has 0 saturated carbocycles. The van der Waals surface area contributed by atoms with E-state index in [1.165, 1.54) is 31.9 Å². The lowest BCUT2D eigenvalue weighted by Crippen LogP contribution is -2.33. The number of esters is 1. The molecular formula is C14H22N2O3. The molecular weight excluding hydrogens is 244 g/mol. The summed E-state index contributed by atoms with van der Waals surface area (Å²) in [6.45, 7) is 6.26. The second-order valence-electron chi connectivity index (χ2n) is 4.95. The number of aromatic nitrogens is 1. The van der Waals surface area contributed by atoms with E-state index >= 15 is 0 Å². The maximum absolute atomic E-state index is 11.5. The van der Waals surface area contributed by atoms with Crippen LogP contribution in [0.5, 0.6) is 0 Å². The number of rotatable bonds is 5. The Labute approximate surface area is 113 Å². The van der Waals surface area contributed by atoms with E-state index in [2.05, 4.69) is 16.8 Å². The quantitative estimate of drug-likeness (QED) is 0.767. The first-order chi connectivity index (χ1) is 9.24. The highest BCUT2D eigenvalue weighted by Gasteiger charge is 2.23. The van der Waals surface area contributed by atoms with Crippen LogP contribution >= 0.6 is 0 Å². The first kappa shape index (κ1) is 13.9. The van der Waals surface area contributed by atoms with Crippen molar-refractivity contribution >= 4 is 12.0 Å². The van der Waals surface area contributed by atoms with Crippen LogP contribution in [0.3, 0.4) is 0 Å². The van der Waals surface area contributed by atoms with Gasteiger partial charge in [0.15, 0.2) is 5.69 Å². The maximum Gasteiger partial charge on any atom is 0.360 e. The number of hydrogen-bond donors (Lipinski definition) is 0. The SMILES string of the molecule is CCCC1CCN(c2nc(C(=O)OCC)co2)CC1. The largest absolute Gasteiger partial charge is 0.461 e.